The molecule has 0 amide bonds. The monoisotopic (exact) mass is 380 g/mol. The third-order valence-corrected chi connectivity index (χ3v) is 3.84. The molecule has 1 rings (SSSR count). The normalized spacial score (nSPS) is 26.7. The fourth-order valence-electron chi connectivity index (χ4n) is 2.56. The van der Waals surface area contributed by atoms with Crippen LogP contribution in [0, 0.1) is 0 Å². The maximum atomic E-state index is 12.5. The number of aliphatic hydroxyl groups is 1. The first-order valence-electron chi connectivity index (χ1n) is 9.11. The molecule has 0 saturated heterocycles. The second kappa shape index (κ2) is 12.1. The van der Waals surface area contributed by atoms with Crippen LogP contribution in [-0.2, 0) is 28.6 Å². The lowest BCUT2D eigenvalue weighted by Crippen LogP contribution is -2.44. The zero-order valence-corrected chi connectivity index (χ0v) is 16.0. The van der Waals surface area contributed by atoms with Gasteiger partial charge in [-0.25, -0.2) is 9.59 Å². The molecule has 150 valence electrons. The van der Waals surface area contributed by atoms with Gasteiger partial charge in [0.05, 0.1) is 0 Å². The Morgan fingerprint density at radius 1 is 1.33 bits per heavy atom. The number of esters is 3. The van der Waals surface area contributed by atoms with E-state index in [0.29, 0.717) is 19.3 Å². The maximum absolute atomic E-state index is 12.5. The molecule has 1 N–H and O–H groups in total. The van der Waals surface area contributed by atoms with Gasteiger partial charge in [-0.05, 0) is 32.3 Å². The van der Waals surface area contributed by atoms with E-state index in [9.17, 15) is 19.5 Å². The first-order chi connectivity index (χ1) is 12.9. The summed E-state index contributed by atoms with van der Waals surface area (Å²) in [7, 11) is 0. The number of hydrogen-bond acceptors (Lipinski definition) is 7. The van der Waals surface area contributed by atoms with Gasteiger partial charge in [0, 0.05) is 13.0 Å². The summed E-state index contributed by atoms with van der Waals surface area (Å²) in [5.41, 5.74) is 0. The molecular weight excluding hydrogens is 352 g/mol. The number of allylic oxidation sites excluding steroid dienone is 4. The van der Waals surface area contributed by atoms with Gasteiger partial charge in [-0.15, -0.1) is 0 Å². The van der Waals surface area contributed by atoms with Crippen LogP contribution in [0.4, 0.5) is 0 Å². The fourth-order valence-corrected chi connectivity index (χ4v) is 2.56. The summed E-state index contributed by atoms with van der Waals surface area (Å²) in [5.74, 6) is -1.92. The van der Waals surface area contributed by atoms with Crippen molar-refractivity contribution in [1.29, 1.82) is 0 Å². The molecule has 0 aliphatic carbocycles. The van der Waals surface area contributed by atoms with Crippen LogP contribution in [0.3, 0.4) is 0 Å². The van der Waals surface area contributed by atoms with Crippen molar-refractivity contribution in [3.05, 3.63) is 36.5 Å². The highest BCUT2D eigenvalue weighted by molar-refractivity contribution is 5.86. The number of carbonyl (C=O) groups is 3. The maximum Gasteiger partial charge on any atom is 0.347 e. The van der Waals surface area contributed by atoms with Gasteiger partial charge in [0.15, 0.2) is 6.10 Å². The summed E-state index contributed by atoms with van der Waals surface area (Å²) >= 11 is 0. The van der Waals surface area contributed by atoms with Gasteiger partial charge in [0.25, 0.3) is 0 Å². The van der Waals surface area contributed by atoms with E-state index < -0.39 is 42.3 Å². The van der Waals surface area contributed by atoms with Crippen LogP contribution >= 0.6 is 0 Å². The van der Waals surface area contributed by atoms with E-state index in [1.807, 2.05) is 13.8 Å². The molecule has 0 spiro atoms. The molecule has 4 atom stereocenters. The van der Waals surface area contributed by atoms with Crippen LogP contribution in [-0.4, -0.2) is 47.4 Å². The van der Waals surface area contributed by atoms with Gasteiger partial charge >= 0.3 is 17.9 Å². The minimum Gasteiger partial charge on any atom is -0.457 e. The van der Waals surface area contributed by atoms with Crippen molar-refractivity contribution < 1.29 is 33.7 Å². The van der Waals surface area contributed by atoms with Crippen LogP contribution < -0.4 is 0 Å². The van der Waals surface area contributed by atoms with Crippen molar-refractivity contribution in [3.63, 3.8) is 0 Å². The highest BCUT2D eigenvalue weighted by atomic mass is 16.6. The lowest BCUT2D eigenvalue weighted by Gasteiger charge is -2.29. The Morgan fingerprint density at radius 2 is 2.07 bits per heavy atom. The Balaban J connectivity index is 2.95. The quantitative estimate of drug-likeness (QED) is 0.248. The summed E-state index contributed by atoms with van der Waals surface area (Å²) in [4.78, 5) is 35.6. The highest BCUT2D eigenvalue weighted by Crippen LogP contribution is 2.19. The molecule has 0 fully saturated rings. The Hall–Kier alpha value is -2.41. The van der Waals surface area contributed by atoms with Gasteiger partial charge in [-0.3, -0.25) is 4.79 Å². The molecule has 0 aromatic rings. The first-order valence-corrected chi connectivity index (χ1v) is 9.11. The lowest BCUT2D eigenvalue weighted by atomic mass is 10.0. The lowest BCUT2D eigenvalue weighted by molar-refractivity contribution is -0.179. The Bertz CT molecular complexity index is 591. The zero-order valence-electron chi connectivity index (χ0n) is 16.0. The van der Waals surface area contributed by atoms with Gasteiger partial charge < -0.3 is 19.3 Å². The van der Waals surface area contributed by atoms with Crippen molar-refractivity contribution in [3.8, 4) is 0 Å². The van der Waals surface area contributed by atoms with Crippen molar-refractivity contribution in [1.82, 2.24) is 0 Å². The summed E-state index contributed by atoms with van der Waals surface area (Å²) < 4.78 is 15.7. The topological polar surface area (TPSA) is 99.1 Å². The predicted octanol–water partition coefficient (Wildman–Crippen LogP) is 2.39. The standard InChI is InChI=1S/C20H28O7/c1-4-6-7-13-18(22)26-17-12-9-8-11-16(25-14(3)21)19(23)15(10-5-2)27-20(17)24/h4,6-8,11,13,15-17,19,23H,5,9-10,12H2,1-3H3/b6-4+,11-8?,13-7+/t15-,16+,17+,19-/m1/s1. The third kappa shape index (κ3) is 8.21. The molecule has 27 heavy (non-hydrogen) atoms. The van der Waals surface area contributed by atoms with Crippen molar-refractivity contribution in [2.75, 3.05) is 0 Å². The summed E-state index contributed by atoms with van der Waals surface area (Å²) in [5, 5.41) is 10.5. The second-order valence-electron chi connectivity index (χ2n) is 6.14. The molecule has 0 saturated carbocycles. The molecule has 0 unspecified atom stereocenters. The number of rotatable bonds is 6. The van der Waals surface area contributed by atoms with E-state index in [0.717, 1.165) is 0 Å². The largest absolute Gasteiger partial charge is 0.457 e. The first kappa shape index (κ1) is 22.6. The zero-order chi connectivity index (χ0) is 20.2. The number of carbonyl (C=O) groups excluding carboxylic acids is 3. The number of aliphatic hydroxyl groups excluding tert-OH is 1. The van der Waals surface area contributed by atoms with Crippen LogP contribution in [0.5, 0.6) is 0 Å². The molecule has 7 nitrogen and oxygen atoms in total. The van der Waals surface area contributed by atoms with Crippen LogP contribution in [0.1, 0.15) is 46.5 Å². The average Bonchev–Trinajstić information content (AvgIpc) is 2.61. The molecular formula is C20H28O7. The summed E-state index contributed by atoms with van der Waals surface area (Å²) in [6, 6.07) is 0. The van der Waals surface area contributed by atoms with Crippen molar-refractivity contribution in [2.45, 2.75) is 70.9 Å². The smallest absolute Gasteiger partial charge is 0.347 e. The third-order valence-electron chi connectivity index (χ3n) is 3.84. The Morgan fingerprint density at radius 3 is 2.70 bits per heavy atom. The fraction of sp³-hybridized carbons (Fsp3) is 0.550. The number of hydrogen-bond donors (Lipinski definition) is 1. The van der Waals surface area contributed by atoms with Crippen molar-refractivity contribution >= 4 is 17.9 Å². The van der Waals surface area contributed by atoms with Crippen LogP contribution in [0.25, 0.3) is 0 Å². The van der Waals surface area contributed by atoms with Crippen molar-refractivity contribution in [2.24, 2.45) is 0 Å². The predicted molar refractivity (Wildman–Crippen MR) is 98.6 cm³/mol. The van der Waals surface area contributed by atoms with E-state index in [2.05, 4.69) is 0 Å². The molecule has 0 bridgehead atoms. The SMILES string of the molecule is C/C=C/C=C/C(=O)O[C@H]1CCC=C[C@H](OC(C)=O)[C@H](O)[C@@H](CCC)OC1=O. The van der Waals surface area contributed by atoms with Crippen LogP contribution in [0.2, 0.25) is 0 Å². The molecule has 1 heterocycles. The minimum absolute atomic E-state index is 0.222. The summed E-state index contributed by atoms with van der Waals surface area (Å²) in [6.07, 6.45) is 6.96. The van der Waals surface area contributed by atoms with Gasteiger partial charge in [-0.2, -0.15) is 0 Å². The Kier molecular flexibility index (Phi) is 10.1. The van der Waals surface area contributed by atoms with Gasteiger partial charge in [0.1, 0.15) is 18.3 Å². The minimum atomic E-state index is -1.21. The van der Waals surface area contributed by atoms with Gasteiger partial charge in [-0.1, -0.05) is 37.6 Å². The van der Waals surface area contributed by atoms with Gasteiger partial charge in [0.2, 0.25) is 0 Å². The molecule has 1 aliphatic rings. The summed E-state index contributed by atoms with van der Waals surface area (Å²) in [6.45, 7) is 4.93. The van der Waals surface area contributed by atoms with E-state index in [1.165, 1.54) is 19.1 Å². The molecule has 7 heteroatoms. The molecule has 0 aromatic carbocycles. The number of ether oxygens (including phenoxy) is 3. The van der Waals surface area contributed by atoms with Crippen LogP contribution in [0.15, 0.2) is 36.5 Å². The van der Waals surface area contributed by atoms with E-state index >= 15 is 0 Å². The van der Waals surface area contributed by atoms with E-state index in [-0.39, 0.29) is 6.42 Å². The van der Waals surface area contributed by atoms with E-state index in [4.69, 9.17) is 14.2 Å². The second-order valence-corrected chi connectivity index (χ2v) is 6.14. The Labute approximate surface area is 159 Å². The van der Waals surface area contributed by atoms with E-state index in [1.54, 1.807) is 24.3 Å². The highest BCUT2D eigenvalue weighted by Gasteiger charge is 2.34. The molecule has 1 aliphatic heterocycles. The number of cyclic esters (lactones) is 1. The average molecular weight is 380 g/mol. The molecule has 0 radical (unpaired) electrons. The molecule has 0 aromatic heterocycles.